The Hall–Kier alpha value is -2.39. The highest BCUT2D eigenvalue weighted by Gasteiger charge is 2.35. The van der Waals surface area contributed by atoms with Gasteiger partial charge in [-0.1, -0.05) is 36.4 Å². The van der Waals surface area contributed by atoms with E-state index in [-0.39, 0.29) is 0 Å². The summed E-state index contributed by atoms with van der Waals surface area (Å²) in [5, 5.41) is 4.35. The van der Waals surface area contributed by atoms with E-state index in [0.29, 0.717) is 23.4 Å². The second-order valence-corrected chi connectivity index (χ2v) is 10.2. The number of anilines is 1. The van der Waals surface area contributed by atoms with E-state index in [2.05, 4.69) is 9.82 Å². The second-order valence-electron chi connectivity index (χ2n) is 6.61. The summed E-state index contributed by atoms with van der Waals surface area (Å²) in [5.41, 5.74) is 3.55. The van der Waals surface area contributed by atoms with Gasteiger partial charge in [-0.2, -0.15) is 9.52 Å². The predicted molar refractivity (Wildman–Crippen MR) is 107 cm³/mol. The largest absolute Gasteiger partial charge is 0.284 e. The van der Waals surface area contributed by atoms with Crippen LogP contribution in [0, 0.1) is 6.92 Å². The van der Waals surface area contributed by atoms with Crippen molar-refractivity contribution in [3.05, 3.63) is 65.2 Å². The van der Waals surface area contributed by atoms with Gasteiger partial charge in [-0.05, 0) is 35.7 Å². The molecule has 27 heavy (non-hydrogen) atoms. The van der Waals surface area contributed by atoms with Gasteiger partial charge in [0, 0.05) is 12.1 Å². The van der Waals surface area contributed by atoms with Gasteiger partial charge in [0.25, 0.3) is 0 Å². The second kappa shape index (κ2) is 6.97. The van der Waals surface area contributed by atoms with Crippen LogP contribution in [-0.4, -0.2) is 39.5 Å². The fourth-order valence-corrected chi connectivity index (χ4v) is 4.59. The Bertz CT molecular complexity index is 1110. The van der Waals surface area contributed by atoms with Gasteiger partial charge < -0.3 is 0 Å². The molecule has 0 fully saturated rings. The maximum absolute atomic E-state index is 12.3. The fourth-order valence-electron chi connectivity index (χ4n) is 3.14. The van der Waals surface area contributed by atoms with Gasteiger partial charge in [0.1, 0.15) is 0 Å². The third-order valence-electron chi connectivity index (χ3n) is 4.26. The molecule has 1 atom stereocenters. The maximum atomic E-state index is 12.3. The van der Waals surface area contributed by atoms with Gasteiger partial charge in [0.15, 0.2) is 0 Å². The summed E-state index contributed by atoms with van der Waals surface area (Å²) in [6.07, 6.45) is 2.61. The van der Waals surface area contributed by atoms with Crippen LogP contribution in [0.2, 0.25) is 0 Å². The minimum atomic E-state index is -3.56. The Labute approximate surface area is 159 Å². The van der Waals surface area contributed by atoms with Crippen molar-refractivity contribution in [2.45, 2.75) is 19.4 Å². The standard InChI is InChI=1S/C18H21N3O4S2/c1-13-7-4-5-10-16(13)18-12-17(19-21(18)27(3,24)25)14-8-6-9-15(11-14)20-26(2,22)23/h4-11,18,20H,12H2,1-3H3/t18-/m1/s1. The van der Waals surface area contributed by atoms with Crippen LogP contribution in [0.25, 0.3) is 0 Å². The zero-order valence-electron chi connectivity index (χ0n) is 15.2. The molecule has 0 aliphatic carbocycles. The van der Waals surface area contributed by atoms with E-state index in [1.54, 1.807) is 24.3 Å². The number of nitrogens with zero attached hydrogens (tertiary/aromatic N) is 2. The highest BCUT2D eigenvalue weighted by atomic mass is 32.2. The number of hydrazone groups is 1. The van der Waals surface area contributed by atoms with Gasteiger partial charge in [-0.3, -0.25) is 4.72 Å². The zero-order chi connectivity index (χ0) is 19.8. The van der Waals surface area contributed by atoms with Crippen molar-refractivity contribution < 1.29 is 16.8 Å². The van der Waals surface area contributed by atoms with E-state index in [1.165, 1.54) is 0 Å². The number of aryl methyl sites for hydroxylation is 1. The van der Waals surface area contributed by atoms with E-state index >= 15 is 0 Å². The van der Waals surface area contributed by atoms with Crippen molar-refractivity contribution in [2.75, 3.05) is 17.2 Å². The van der Waals surface area contributed by atoms with Crippen molar-refractivity contribution in [2.24, 2.45) is 5.10 Å². The van der Waals surface area contributed by atoms with E-state index in [9.17, 15) is 16.8 Å². The van der Waals surface area contributed by atoms with Crippen molar-refractivity contribution in [1.29, 1.82) is 0 Å². The van der Waals surface area contributed by atoms with E-state index in [0.717, 1.165) is 28.1 Å². The molecule has 0 aromatic heterocycles. The summed E-state index contributed by atoms with van der Waals surface area (Å²) in [7, 11) is -6.97. The molecule has 1 N–H and O–H groups in total. The summed E-state index contributed by atoms with van der Waals surface area (Å²) in [4.78, 5) is 0. The molecule has 0 saturated heterocycles. The van der Waals surface area contributed by atoms with Crippen LogP contribution in [0.3, 0.4) is 0 Å². The minimum Gasteiger partial charge on any atom is -0.284 e. The quantitative estimate of drug-likeness (QED) is 0.824. The number of sulfonamides is 2. The summed E-state index contributed by atoms with van der Waals surface area (Å²) in [6, 6.07) is 14.0. The van der Waals surface area contributed by atoms with Crippen LogP contribution < -0.4 is 4.72 Å². The third-order valence-corrected chi connectivity index (χ3v) is 5.88. The molecule has 1 aliphatic rings. The molecule has 0 spiro atoms. The van der Waals surface area contributed by atoms with Crippen molar-refractivity contribution >= 4 is 31.4 Å². The SMILES string of the molecule is Cc1ccccc1[C@H]1CC(c2cccc(NS(C)(=O)=O)c2)=NN1S(C)(=O)=O. The number of rotatable bonds is 5. The summed E-state index contributed by atoms with van der Waals surface area (Å²) in [6.45, 7) is 1.93. The van der Waals surface area contributed by atoms with Crippen LogP contribution in [0.1, 0.15) is 29.2 Å². The summed E-state index contributed by atoms with van der Waals surface area (Å²) < 4.78 is 51.1. The minimum absolute atomic E-state index is 0.403. The lowest BCUT2D eigenvalue weighted by Crippen LogP contribution is -2.26. The molecule has 0 bridgehead atoms. The summed E-state index contributed by atoms with van der Waals surface area (Å²) >= 11 is 0. The molecule has 0 radical (unpaired) electrons. The number of hydrogen-bond acceptors (Lipinski definition) is 5. The number of nitrogens with one attached hydrogen (secondary N) is 1. The van der Waals surface area contributed by atoms with E-state index in [1.807, 2.05) is 31.2 Å². The molecule has 0 unspecified atom stereocenters. The van der Waals surface area contributed by atoms with E-state index < -0.39 is 26.1 Å². The first-order valence-corrected chi connectivity index (χ1v) is 12.0. The molecule has 144 valence electrons. The number of hydrogen-bond donors (Lipinski definition) is 1. The topological polar surface area (TPSA) is 95.9 Å². The van der Waals surface area contributed by atoms with Crippen molar-refractivity contribution in [1.82, 2.24) is 4.41 Å². The van der Waals surface area contributed by atoms with E-state index in [4.69, 9.17) is 0 Å². The smallest absolute Gasteiger partial charge is 0.247 e. The van der Waals surface area contributed by atoms with Gasteiger partial charge in [0.05, 0.1) is 24.3 Å². The Balaban J connectivity index is 2.00. The Kier molecular flexibility index (Phi) is 5.00. The molecule has 9 heteroatoms. The maximum Gasteiger partial charge on any atom is 0.247 e. The molecule has 3 rings (SSSR count). The van der Waals surface area contributed by atoms with Crippen LogP contribution in [0.5, 0.6) is 0 Å². The summed E-state index contributed by atoms with van der Waals surface area (Å²) in [5.74, 6) is 0. The van der Waals surface area contributed by atoms with Crippen molar-refractivity contribution in [3.63, 3.8) is 0 Å². The lowest BCUT2D eigenvalue weighted by atomic mass is 9.96. The first kappa shape index (κ1) is 19.4. The molecule has 1 aliphatic heterocycles. The van der Waals surface area contributed by atoms with Gasteiger partial charge >= 0.3 is 0 Å². The van der Waals surface area contributed by atoms with Crippen LogP contribution >= 0.6 is 0 Å². The molecule has 2 aromatic carbocycles. The Morgan fingerprint density at radius 1 is 1.04 bits per heavy atom. The Morgan fingerprint density at radius 3 is 2.37 bits per heavy atom. The predicted octanol–water partition coefficient (Wildman–Crippen LogP) is 2.48. The molecular formula is C18H21N3O4S2. The average Bonchev–Trinajstić information content (AvgIpc) is 2.99. The monoisotopic (exact) mass is 407 g/mol. The zero-order valence-corrected chi connectivity index (χ0v) is 16.9. The first-order chi connectivity index (χ1) is 12.5. The molecular weight excluding hydrogens is 386 g/mol. The van der Waals surface area contributed by atoms with Gasteiger partial charge in [-0.25, -0.2) is 16.8 Å². The van der Waals surface area contributed by atoms with Gasteiger partial charge in [-0.15, -0.1) is 0 Å². The lowest BCUT2D eigenvalue weighted by Gasteiger charge is -2.22. The average molecular weight is 408 g/mol. The normalized spacial score (nSPS) is 17.7. The first-order valence-electron chi connectivity index (χ1n) is 8.25. The highest BCUT2D eigenvalue weighted by molar-refractivity contribution is 7.92. The molecule has 1 heterocycles. The molecule has 2 aromatic rings. The van der Waals surface area contributed by atoms with Crippen LogP contribution in [0.15, 0.2) is 53.6 Å². The lowest BCUT2D eigenvalue weighted by molar-refractivity contribution is 0.374. The van der Waals surface area contributed by atoms with Crippen LogP contribution in [-0.2, 0) is 20.0 Å². The fraction of sp³-hybridized carbons (Fsp3) is 0.278. The highest BCUT2D eigenvalue weighted by Crippen LogP contribution is 2.36. The Morgan fingerprint density at radius 2 is 1.74 bits per heavy atom. The third kappa shape index (κ3) is 4.48. The molecule has 0 amide bonds. The van der Waals surface area contributed by atoms with Gasteiger partial charge in [0.2, 0.25) is 20.0 Å². The van der Waals surface area contributed by atoms with Crippen LogP contribution in [0.4, 0.5) is 5.69 Å². The van der Waals surface area contributed by atoms with Crippen molar-refractivity contribution in [3.8, 4) is 0 Å². The molecule has 7 nitrogen and oxygen atoms in total. The number of benzene rings is 2. The molecule has 0 saturated carbocycles.